The molecule has 2 heterocycles. The molecule has 0 radical (unpaired) electrons. The number of anilines is 1. The fourth-order valence-electron chi connectivity index (χ4n) is 2.81. The van der Waals surface area contributed by atoms with Gasteiger partial charge in [-0.05, 0) is 12.1 Å². The van der Waals surface area contributed by atoms with Gasteiger partial charge in [0.25, 0.3) is 5.91 Å². The predicted octanol–water partition coefficient (Wildman–Crippen LogP) is 1.74. The van der Waals surface area contributed by atoms with Gasteiger partial charge in [-0.2, -0.15) is 13.2 Å². The molecular weight excluding hydrogens is 283 g/mol. The monoisotopic (exact) mass is 297 g/mol. The zero-order chi connectivity index (χ0) is 15.2. The first kappa shape index (κ1) is 13.9. The molecule has 2 atom stereocenters. The van der Waals surface area contributed by atoms with Crippen molar-refractivity contribution in [1.82, 2.24) is 10.6 Å². The summed E-state index contributed by atoms with van der Waals surface area (Å²) in [7, 11) is 0. The van der Waals surface area contributed by atoms with E-state index in [0.717, 1.165) is 6.07 Å². The number of hydrogen-bond donors (Lipinski definition) is 2. The van der Waals surface area contributed by atoms with Gasteiger partial charge in [0, 0.05) is 19.1 Å². The number of alkyl halides is 3. The minimum atomic E-state index is -4.55. The van der Waals surface area contributed by atoms with Crippen LogP contribution in [0.5, 0.6) is 0 Å². The van der Waals surface area contributed by atoms with Gasteiger partial charge in [-0.15, -0.1) is 6.58 Å². The minimum Gasteiger partial charge on any atom is -0.348 e. The summed E-state index contributed by atoms with van der Waals surface area (Å²) >= 11 is 0. The van der Waals surface area contributed by atoms with Gasteiger partial charge in [0.15, 0.2) is 0 Å². The Balaban J connectivity index is 2.10. The smallest absolute Gasteiger partial charge is 0.348 e. The normalized spacial score (nSPS) is 24.9. The van der Waals surface area contributed by atoms with Gasteiger partial charge < -0.3 is 15.5 Å². The molecular formula is C14H14F3N3O. The SMILES string of the molecule is C=C[C@H]1CN2c3cccc(C(F)(F)F)c3C(=O)NC2CN1. The third kappa shape index (κ3) is 2.27. The first-order valence-electron chi connectivity index (χ1n) is 6.55. The second-order valence-corrected chi connectivity index (χ2v) is 5.09. The molecule has 4 nitrogen and oxygen atoms in total. The van der Waals surface area contributed by atoms with E-state index in [1.54, 1.807) is 17.0 Å². The zero-order valence-corrected chi connectivity index (χ0v) is 11.1. The zero-order valence-electron chi connectivity index (χ0n) is 11.1. The summed E-state index contributed by atoms with van der Waals surface area (Å²) in [6, 6.07) is 3.80. The lowest BCUT2D eigenvalue weighted by atomic mass is 9.98. The van der Waals surface area contributed by atoms with Gasteiger partial charge in [0.2, 0.25) is 0 Å². The van der Waals surface area contributed by atoms with Crippen molar-refractivity contribution in [2.75, 3.05) is 18.0 Å². The maximum atomic E-state index is 13.1. The van der Waals surface area contributed by atoms with Crippen LogP contribution in [0, 0.1) is 0 Å². The molecule has 3 rings (SSSR count). The van der Waals surface area contributed by atoms with Crippen LogP contribution in [-0.4, -0.2) is 31.2 Å². The molecule has 1 amide bonds. The number of hydrogen-bond acceptors (Lipinski definition) is 3. The Morgan fingerprint density at radius 2 is 2.14 bits per heavy atom. The number of carbonyl (C=O) groups is 1. The number of carbonyl (C=O) groups excluding carboxylic acids is 1. The maximum absolute atomic E-state index is 13.1. The Kier molecular flexibility index (Phi) is 3.16. The van der Waals surface area contributed by atoms with Crippen molar-refractivity contribution in [2.45, 2.75) is 18.4 Å². The highest BCUT2D eigenvalue weighted by Crippen LogP contribution is 2.38. The first-order valence-corrected chi connectivity index (χ1v) is 6.55. The van der Waals surface area contributed by atoms with E-state index in [4.69, 9.17) is 0 Å². The van der Waals surface area contributed by atoms with E-state index in [2.05, 4.69) is 17.2 Å². The van der Waals surface area contributed by atoms with Crippen LogP contribution in [0.3, 0.4) is 0 Å². The van der Waals surface area contributed by atoms with Gasteiger partial charge in [0.1, 0.15) is 6.17 Å². The maximum Gasteiger partial charge on any atom is 0.417 e. The average Bonchev–Trinajstić information content (AvgIpc) is 2.45. The van der Waals surface area contributed by atoms with E-state index in [0.29, 0.717) is 18.8 Å². The standard InChI is InChI=1S/C14H14F3N3O/c1-2-8-7-20-10-5-3-4-9(14(15,16)17)12(10)13(21)19-11(20)6-18-8/h2-5,8,11,18H,1,6-7H2,(H,19,21)/t8-,11?/m0/s1. The second kappa shape index (κ2) is 4.77. The van der Waals surface area contributed by atoms with E-state index >= 15 is 0 Å². The number of amides is 1. The highest BCUT2D eigenvalue weighted by atomic mass is 19.4. The molecule has 2 N–H and O–H groups in total. The molecule has 112 valence electrons. The molecule has 1 fully saturated rings. The van der Waals surface area contributed by atoms with Gasteiger partial charge in [0.05, 0.1) is 16.8 Å². The average molecular weight is 297 g/mol. The second-order valence-electron chi connectivity index (χ2n) is 5.09. The molecule has 7 heteroatoms. The van der Waals surface area contributed by atoms with Crippen LogP contribution >= 0.6 is 0 Å². The lowest BCUT2D eigenvalue weighted by Gasteiger charge is -2.45. The van der Waals surface area contributed by atoms with E-state index in [-0.39, 0.29) is 17.8 Å². The summed E-state index contributed by atoms with van der Waals surface area (Å²) in [6.45, 7) is 4.61. The Morgan fingerprint density at radius 1 is 1.38 bits per heavy atom. The molecule has 1 unspecified atom stereocenters. The molecule has 0 aromatic heterocycles. The quantitative estimate of drug-likeness (QED) is 0.776. The topological polar surface area (TPSA) is 44.4 Å². The van der Waals surface area contributed by atoms with Crippen LogP contribution in [0.2, 0.25) is 0 Å². The van der Waals surface area contributed by atoms with Crippen molar-refractivity contribution in [2.24, 2.45) is 0 Å². The van der Waals surface area contributed by atoms with Gasteiger partial charge in [-0.3, -0.25) is 4.79 Å². The fourth-order valence-corrected chi connectivity index (χ4v) is 2.81. The van der Waals surface area contributed by atoms with Crippen molar-refractivity contribution in [3.8, 4) is 0 Å². The molecule has 21 heavy (non-hydrogen) atoms. The Morgan fingerprint density at radius 3 is 2.81 bits per heavy atom. The molecule has 1 saturated heterocycles. The molecule has 0 aliphatic carbocycles. The van der Waals surface area contributed by atoms with Crippen molar-refractivity contribution in [3.63, 3.8) is 0 Å². The van der Waals surface area contributed by atoms with E-state index in [1.807, 2.05) is 0 Å². The summed E-state index contributed by atoms with van der Waals surface area (Å²) in [6.07, 6.45) is -3.19. The summed E-state index contributed by atoms with van der Waals surface area (Å²) in [5, 5.41) is 5.79. The molecule has 2 aliphatic rings. The van der Waals surface area contributed by atoms with Crippen LogP contribution in [0.1, 0.15) is 15.9 Å². The lowest BCUT2D eigenvalue weighted by molar-refractivity contribution is -0.137. The highest BCUT2D eigenvalue weighted by molar-refractivity contribution is 6.03. The summed E-state index contributed by atoms with van der Waals surface area (Å²) in [5.41, 5.74) is -0.873. The minimum absolute atomic E-state index is 0.0290. The lowest BCUT2D eigenvalue weighted by Crippen LogP contribution is -2.65. The molecule has 2 aliphatic heterocycles. The van der Waals surface area contributed by atoms with Gasteiger partial charge in [-0.1, -0.05) is 12.1 Å². The number of nitrogens with zero attached hydrogens (tertiary/aromatic N) is 1. The van der Waals surface area contributed by atoms with Crippen LogP contribution in [-0.2, 0) is 6.18 Å². The van der Waals surface area contributed by atoms with E-state index in [1.165, 1.54) is 6.07 Å². The number of fused-ring (bicyclic) bond motifs is 3. The van der Waals surface area contributed by atoms with Crippen molar-refractivity contribution in [1.29, 1.82) is 0 Å². The number of rotatable bonds is 1. The number of halogens is 3. The highest BCUT2D eigenvalue weighted by Gasteiger charge is 2.42. The molecule has 0 spiro atoms. The Labute approximate surface area is 119 Å². The third-order valence-corrected chi connectivity index (χ3v) is 3.81. The van der Waals surface area contributed by atoms with Crippen LogP contribution < -0.4 is 15.5 Å². The van der Waals surface area contributed by atoms with Crippen LogP contribution in [0.15, 0.2) is 30.9 Å². The van der Waals surface area contributed by atoms with E-state index < -0.39 is 17.6 Å². The molecule has 0 bridgehead atoms. The first-order chi connectivity index (χ1) is 9.91. The van der Waals surface area contributed by atoms with Gasteiger partial charge >= 0.3 is 6.18 Å². The summed E-state index contributed by atoms with van der Waals surface area (Å²) in [5.74, 6) is -0.682. The number of benzene rings is 1. The fraction of sp³-hybridized carbons (Fsp3) is 0.357. The van der Waals surface area contributed by atoms with Crippen molar-refractivity contribution < 1.29 is 18.0 Å². The number of nitrogens with one attached hydrogen (secondary N) is 2. The largest absolute Gasteiger partial charge is 0.417 e. The summed E-state index contributed by atoms with van der Waals surface area (Å²) < 4.78 is 39.3. The Hall–Kier alpha value is -2.02. The number of piperazine rings is 1. The van der Waals surface area contributed by atoms with Crippen LogP contribution in [0.25, 0.3) is 0 Å². The van der Waals surface area contributed by atoms with Crippen molar-refractivity contribution in [3.05, 3.63) is 42.0 Å². The Bertz CT molecular complexity index is 600. The molecule has 1 aromatic carbocycles. The predicted molar refractivity (Wildman–Crippen MR) is 72.0 cm³/mol. The molecule has 1 aromatic rings. The molecule has 0 saturated carbocycles. The van der Waals surface area contributed by atoms with Crippen LogP contribution in [0.4, 0.5) is 18.9 Å². The van der Waals surface area contributed by atoms with Gasteiger partial charge in [-0.25, -0.2) is 0 Å². The summed E-state index contributed by atoms with van der Waals surface area (Å²) in [4.78, 5) is 13.9. The van der Waals surface area contributed by atoms with E-state index in [9.17, 15) is 18.0 Å². The third-order valence-electron chi connectivity index (χ3n) is 3.81. The van der Waals surface area contributed by atoms with Crippen molar-refractivity contribution >= 4 is 11.6 Å².